The lowest BCUT2D eigenvalue weighted by Gasteiger charge is -2.13. The second-order valence-electron chi connectivity index (χ2n) is 4.91. The number of carbonyl (C=O) groups excluding carboxylic acids is 3. The number of hydrogen-bond donors (Lipinski definition) is 1. The summed E-state index contributed by atoms with van der Waals surface area (Å²) in [6.45, 7) is -0.362. The maximum atomic E-state index is 12.3. The molecule has 0 aromatic heterocycles. The van der Waals surface area contributed by atoms with Crippen LogP contribution < -0.4 is 5.32 Å². The third kappa shape index (κ3) is 3.00. The molecule has 2 aromatic carbocycles. The van der Waals surface area contributed by atoms with Gasteiger partial charge in [0.05, 0.1) is 16.1 Å². The predicted molar refractivity (Wildman–Crippen MR) is 89.6 cm³/mol. The number of halogens is 2. The van der Waals surface area contributed by atoms with Gasteiger partial charge in [0.15, 0.2) is 0 Å². The SMILES string of the molecule is O=C(CN1C(=O)c2cccc(Cl)c2C1=O)Nc1ccc(Br)cc1. The molecule has 1 N–H and O–H groups in total. The highest BCUT2D eigenvalue weighted by molar-refractivity contribution is 9.10. The molecule has 1 aliphatic rings. The van der Waals surface area contributed by atoms with Crippen molar-refractivity contribution in [3.8, 4) is 0 Å². The fraction of sp³-hybridized carbons (Fsp3) is 0.0625. The van der Waals surface area contributed by atoms with Crippen molar-refractivity contribution in [1.82, 2.24) is 4.90 Å². The molecule has 1 heterocycles. The lowest BCUT2D eigenvalue weighted by Crippen LogP contribution is -2.37. The molecule has 0 atom stereocenters. The van der Waals surface area contributed by atoms with Gasteiger partial charge >= 0.3 is 0 Å². The van der Waals surface area contributed by atoms with E-state index in [1.165, 1.54) is 12.1 Å². The number of nitrogens with zero attached hydrogens (tertiary/aromatic N) is 1. The van der Waals surface area contributed by atoms with E-state index in [0.29, 0.717) is 5.69 Å². The fourth-order valence-electron chi connectivity index (χ4n) is 2.31. The number of amides is 3. The van der Waals surface area contributed by atoms with Crippen molar-refractivity contribution >= 4 is 50.9 Å². The zero-order valence-corrected chi connectivity index (χ0v) is 14.0. The predicted octanol–water partition coefficient (Wildman–Crippen LogP) is 3.34. The average Bonchev–Trinajstić information content (AvgIpc) is 2.76. The maximum Gasteiger partial charge on any atom is 0.263 e. The van der Waals surface area contributed by atoms with E-state index in [-0.39, 0.29) is 22.7 Å². The van der Waals surface area contributed by atoms with Crippen molar-refractivity contribution in [2.24, 2.45) is 0 Å². The molecule has 23 heavy (non-hydrogen) atoms. The molecule has 0 aliphatic carbocycles. The van der Waals surface area contributed by atoms with Gasteiger partial charge in [-0.2, -0.15) is 0 Å². The summed E-state index contributed by atoms with van der Waals surface area (Å²) in [4.78, 5) is 37.5. The Morgan fingerprint density at radius 1 is 1.09 bits per heavy atom. The molecule has 3 amide bonds. The summed E-state index contributed by atoms with van der Waals surface area (Å²) >= 11 is 9.27. The van der Waals surface area contributed by atoms with Gasteiger partial charge in [0.25, 0.3) is 11.8 Å². The molecule has 0 spiro atoms. The van der Waals surface area contributed by atoms with Crippen molar-refractivity contribution in [3.63, 3.8) is 0 Å². The average molecular weight is 394 g/mol. The third-order valence-electron chi connectivity index (χ3n) is 3.38. The van der Waals surface area contributed by atoms with E-state index in [1.807, 2.05) is 0 Å². The van der Waals surface area contributed by atoms with Crippen molar-refractivity contribution in [2.45, 2.75) is 0 Å². The molecule has 0 saturated heterocycles. The van der Waals surface area contributed by atoms with Gasteiger partial charge in [0, 0.05) is 10.2 Å². The highest BCUT2D eigenvalue weighted by Gasteiger charge is 2.38. The Kier molecular flexibility index (Phi) is 4.19. The number of carbonyl (C=O) groups is 3. The van der Waals surface area contributed by atoms with Gasteiger partial charge in [0.1, 0.15) is 6.54 Å². The molecule has 0 unspecified atom stereocenters. The molecule has 1 aliphatic heterocycles. The van der Waals surface area contributed by atoms with E-state index in [0.717, 1.165) is 9.37 Å². The molecule has 5 nitrogen and oxygen atoms in total. The zero-order chi connectivity index (χ0) is 16.6. The van der Waals surface area contributed by atoms with Crippen molar-refractivity contribution in [2.75, 3.05) is 11.9 Å². The van der Waals surface area contributed by atoms with Gasteiger partial charge in [-0.15, -0.1) is 0 Å². The van der Waals surface area contributed by atoms with Crippen LogP contribution in [0.5, 0.6) is 0 Å². The van der Waals surface area contributed by atoms with E-state index in [4.69, 9.17) is 11.6 Å². The van der Waals surface area contributed by atoms with Crippen LogP contribution in [0.2, 0.25) is 5.02 Å². The Bertz CT molecular complexity index is 821. The Morgan fingerprint density at radius 3 is 2.43 bits per heavy atom. The first-order valence-electron chi connectivity index (χ1n) is 6.67. The van der Waals surface area contributed by atoms with Crippen molar-refractivity contribution in [3.05, 3.63) is 63.1 Å². The Balaban J connectivity index is 1.75. The number of rotatable bonds is 3. The first-order chi connectivity index (χ1) is 11.0. The molecule has 0 saturated carbocycles. The minimum Gasteiger partial charge on any atom is -0.325 e. The third-order valence-corrected chi connectivity index (χ3v) is 4.22. The van der Waals surface area contributed by atoms with Crippen LogP contribution in [0.15, 0.2) is 46.9 Å². The van der Waals surface area contributed by atoms with Gasteiger partial charge in [-0.3, -0.25) is 19.3 Å². The minimum atomic E-state index is -0.554. The number of fused-ring (bicyclic) bond motifs is 1. The van der Waals surface area contributed by atoms with Crippen LogP contribution in [-0.4, -0.2) is 29.2 Å². The van der Waals surface area contributed by atoms with Gasteiger partial charge < -0.3 is 5.32 Å². The summed E-state index contributed by atoms with van der Waals surface area (Å²) in [5.41, 5.74) is 0.947. The van der Waals surface area contributed by atoms with E-state index < -0.39 is 17.7 Å². The minimum absolute atomic E-state index is 0.149. The van der Waals surface area contributed by atoms with E-state index in [1.54, 1.807) is 30.3 Å². The fourth-order valence-corrected chi connectivity index (χ4v) is 2.83. The number of benzene rings is 2. The quantitative estimate of drug-likeness (QED) is 0.813. The summed E-state index contributed by atoms with van der Waals surface area (Å²) in [5, 5.41) is 2.84. The first-order valence-corrected chi connectivity index (χ1v) is 7.84. The van der Waals surface area contributed by atoms with Gasteiger partial charge in [0.2, 0.25) is 5.91 Å². The number of hydrogen-bond acceptors (Lipinski definition) is 3. The van der Waals surface area contributed by atoms with E-state index in [2.05, 4.69) is 21.2 Å². The van der Waals surface area contributed by atoms with Gasteiger partial charge in [-0.1, -0.05) is 33.6 Å². The standard InChI is InChI=1S/C16H10BrClN2O3/c17-9-4-6-10(7-5-9)19-13(21)8-20-15(22)11-2-1-3-12(18)14(11)16(20)23/h1-7H,8H2,(H,19,21). The molecule has 0 radical (unpaired) electrons. The van der Waals surface area contributed by atoms with E-state index >= 15 is 0 Å². The second-order valence-corrected chi connectivity index (χ2v) is 6.24. The molecular formula is C16H10BrClN2O3. The van der Waals surface area contributed by atoms with Crippen molar-refractivity contribution < 1.29 is 14.4 Å². The Morgan fingerprint density at radius 2 is 1.78 bits per heavy atom. The second kappa shape index (κ2) is 6.14. The Labute approximate surface area is 145 Å². The molecule has 2 aromatic rings. The van der Waals surface area contributed by atoms with Crippen LogP contribution in [0.25, 0.3) is 0 Å². The molecule has 3 rings (SSSR count). The summed E-state index contributed by atoms with van der Waals surface area (Å²) in [7, 11) is 0. The number of imide groups is 1. The normalized spacial score (nSPS) is 13.2. The number of nitrogens with one attached hydrogen (secondary N) is 1. The number of anilines is 1. The highest BCUT2D eigenvalue weighted by Crippen LogP contribution is 2.28. The molecule has 0 fully saturated rings. The maximum absolute atomic E-state index is 12.3. The van der Waals surface area contributed by atoms with Gasteiger partial charge in [-0.25, -0.2) is 0 Å². The van der Waals surface area contributed by atoms with Crippen LogP contribution in [0, 0.1) is 0 Å². The monoisotopic (exact) mass is 392 g/mol. The topological polar surface area (TPSA) is 66.5 Å². The molecule has 116 valence electrons. The van der Waals surface area contributed by atoms with Crippen molar-refractivity contribution in [1.29, 1.82) is 0 Å². The summed E-state index contributed by atoms with van der Waals surface area (Å²) < 4.78 is 0.880. The summed E-state index contributed by atoms with van der Waals surface area (Å²) in [6.07, 6.45) is 0. The lowest BCUT2D eigenvalue weighted by atomic mass is 10.1. The smallest absolute Gasteiger partial charge is 0.263 e. The molecular weight excluding hydrogens is 384 g/mol. The first kappa shape index (κ1) is 15.7. The van der Waals surface area contributed by atoms with E-state index in [9.17, 15) is 14.4 Å². The molecule has 7 heteroatoms. The summed E-state index contributed by atoms with van der Waals surface area (Å²) in [6, 6.07) is 11.6. The Hall–Kier alpha value is -2.18. The van der Waals surface area contributed by atoms with Crippen LogP contribution in [0.4, 0.5) is 5.69 Å². The lowest BCUT2D eigenvalue weighted by molar-refractivity contribution is -0.116. The van der Waals surface area contributed by atoms with Crippen LogP contribution >= 0.6 is 27.5 Å². The largest absolute Gasteiger partial charge is 0.325 e. The van der Waals surface area contributed by atoms with Crippen LogP contribution in [0.3, 0.4) is 0 Å². The summed E-state index contributed by atoms with van der Waals surface area (Å²) in [5.74, 6) is -1.53. The zero-order valence-electron chi connectivity index (χ0n) is 11.7. The van der Waals surface area contributed by atoms with Crippen LogP contribution in [-0.2, 0) is 4.79 Å². The molecule has 0 bridgehead atoms. The van der Waals surface area contributed by atoms with Crippen LogP contribution in [0.1, 0.15) is 20.7 Å². The highest BCUT2D eigenvalue weighted by atomic mass is 79.9. The van der Waals surface area contributed by atoms with Gasteiger partial charge in [-0.05, 0) is 36.4 Å².